The molecule has 2 heterocycles. The Morgan fingerprint density at radius 1 is 1.32 bits per heavy atom. The van der Waals surface area contributed by atoms with Crippen LogP contribution in [-0.4, -0.2) is 53.6 Å². The van der Waals surface area contributed by atoms with Crippen molar-refractivity contribution < 1.29 is 9.53 Å². The van der Waals surface area contributed by atoms with Crippen molar-refractivity contribution >= 4 is 23.3 Å². The summed E-state index contributed by atoms with van der Waals surface area (Å²) in [6.45, 7) is 5.31. The monoisotopic (exact) mass is 403 g/mol. The number of hydrogen-bond donors (Lipinski definition) is 2. The van der Waals surface area contributed by atoms with Gasteiger partial charge in [-0.05, 0) is 31.5 Å². The van der Waals surface area contributed by atoms with Crippen LogP contribution in [0.3, 0.4) is 0 Å². The smallest absolute Gasteiger partial charge is 0.275 e. The highest BCUT2D eigenvalue weighted by Crippen LogP contribution is 2.24. The van der Waals surface area contributed by atoms with E-state index in [9.17, 15) is 4.79 Å². The summed E-state index contributed by atoms with van der Waals surface area (Å²) in [5.74, 6) is 0.201. The third kappa shape index (κ3) is 4.91. The number of methoxy groups -OCH3 is 1. The zero-order chi connectivity index (χ0) is 19.9. The Balaban J connectivity index is 1.67. The number of aromatic nitrogens is 2. The molecule has 150 valence electrons. The van der Waals surface area contributed by atoms with Gasteiger partial charge in [0.1, 0.15) is 0 Å². The van der Waals surface area contributed by atoms with E-state index in [1.165, 1.54) is 7.11 Å². The molecule has 8 heteroatoms. The maximum Gasteiger partial charge on any atom is 0.275 e. The minimum atomic E-state index is -0.330. The molecule has 1 saturated heterocycles. The van der Waals surface area contributed by atoms with Gasteiger partial charge in [-0.3, -0.25) is 9.69 Å². The third-order valence-electron chi connectivity index (χ3n) is 4.94. The van der Waals surface area contributed by atoms with E-state index in [1.54, 1.807) is 0 Å². The van der Waals surface area contributed by atoms with Gasteiger partial charge in [-0.1, -0.05) is 48.9 Å². The molecule has 0 spiro atoms. The molecule has 2 aromatic rings. The van der Waals surface area contributed by atoms with E-state index in [2.05, 4.69) is 32.4 Å². The van der Waals surface area contributed by atoms with Crippen LogP contribution in [0.5, 0.6) is 5.88 Å². The number of likely N-dealkylation sites (N-methyl/N-ethyl adjacent to an activating group) is 1. The summed E-state index contributed by atoms with van der Waals surface area (Å²) < 4.78 is 5.28. The SMILES string of the molecule is CCN1CCCC1CNC(=O)c1nc(Cl)c(NCc2ccccc2)nc1OC. The highest BCUT2D eigenvalue weighted by atomic mass is 35.5. The molecule has 1 atom stereocenters. The fourth-order valence-electron chi connectivity index (χ4n) is 3.42. The lowest BCUT2D eigenvalue weighted by Crippen LogP contribution is -2.40. The molecule has 0 saturated carbocycles. The van der Waals surface area contributed by atoms with E-state index in [-0.39, 0.29) is 22.6 Å². The Morgan fingerprint density at radius 3 is 2.82 bits per heavy atom. The predicted molar refractivity (Wildman–Crippen MR) is 110 cm³/mol. The lowest BCUT2D eigenvalue weighted by Gasteiger charge is -2.22. The van der Waals surface area contributed by atoms with Gasteiger partial charge in [0.25, 0.3) is 5.91 Å². The molecular weight excluding hydrogens is 378 g/mol. The summed E-state index contributed by atoms with van der Waals surface area (Å²) in [5, 5.41) is 6.22. The first-order chi connectivity index (χ1) is 13.6. The van der Waals surface area contributed by atoms with Crippen LogP contribution in [0.25, 0.3) is 0 Å². The maximum atomic E-state index is 12.6. The van der Waals surface area contributed by atoms with Crippen LogP contribution in [0.1, 0.15) is 35.8 Å². The third-order valence-corrected chi connectivity index (χ3v) is 5.20. The lowest BCUT2D eigenvalue weighted by atomic mass is 10.2. The number of anilines is 1. The van der Waals surface area contributed by atoms with Crippen LogP contribution in [0.15, 0.2) is 30.3 Å². The second kappa shape index (κ2) is 9.71. The predicted octanol–water partition coefficient (Wildman–Crippen LogP) is 2.96. The second-order valence-corrected chi connectivity index (χ2v) is 7.05. The Labute approximate surface area is 170 Å². The van der Waals surface area contributed by atoms with Crippen LogP contribution in [0.4, 0.5) is 5.82 Å². The lowest BCUT2D eigenvalue weighted by molar-refractivity contribution is 0.0932. The normalized spacial score (nSPS) is 16.8. The number of nitrogens with zero attached hydrogens (tertiary/aromatic N) is 3. The van der Waals surface area contributed by atoms with Gasteiger partial charge in [0.2, 0.25) is 5.88 Å². The molecule has 28 heavy (non-hydrogen) atoms. The first kappa shape index (κ1) is 20.4. The van der Waals surface area contributed by atoms with E-state index in [4.69, 9.17) is 16.3 Å². The van der Waals surface area contributed by atoms with Crippen molar-refractivity contribution in [1.82, 2.24) is 20.2 Å². The summed E-state index contributed by atoms with van der Waals surface area (Å²) in [4.78, 5) is 23.6. The molecule has 1 unspecified atom stereocenters. The average molecular weight is 404 g/mol. The molecule has 1 aromatic heterocycles. The molecule has 2 N–H and O–H groups in total. The Hall–Kier alpha value is -2.38. The zero-order valence-corrected chi connectivity index (χ0v) is 17.0. The zero-order valence-electron chi connectivity index (χ0n) is 16.2. The van der Waals surface area contributed by atoms with Gasteiger partial charge in [0, 0.05) is 19.1 Å². The number of rotatable bonds is 8. The van der Waals surface area contributed by atoms with E-state index >= 15 is 0 Å². The summed E-state index contributed by atoms with van der Waals surface area (Å²) in [7, 11) is 1.46. The molecule has 1 aliphatic rings. The number of hydrogen-bond acceptors (Lipinski definition) is 6. The van der Waals surface area contributed by atoms with Crippen molar-refractivity contribution in [3.8, 4) is 5.88 Å². The second-order valence-electron chi connectivity index (χ2n) is 6.69. The van der Waals surface area contributed by atoms with Gasteiger partial charge in [-0.25, -0.2) is 4.98 Å². The highest BCUT2D eigenvalue weighted by molar-refractivity contribution is 6.31. The fourth-order valence-corrected chi connectivity index (χ4v) is 3.61. The standard InChI is InChI=1S/C20H26ClN5O2/c1-3-26-11-7-10-15(26)13-23-19(27)16-20(28-2)25-18(17(21)24-16)22-12-14-8-5-4-6-9-14/h4-6,8-9,15H,3,7,10-13H2,1-2H3,(H,22,25)(H,23,27). The molecule has 1 aliphatic heterocycles. The maximum absolute atomic E-state index is 12.6. The number of ether oxygens (including phenoxy) is 1. The number of amides is 1. The van der Waals surface area contributed by atoms with E-state index in [0.717, 1.165) is 31.5 Å². The van der Waals surface area contributed by atoms with Crippen molar-refractivity contribution in [3.63, 3.8) is 0 Å². The van der Waals surface area contributed by atoms with Crippen LogP contribution in [-0.2, 0) is 6.54 Å². The Morgan fingerprint density at radius 2 is 2.11 bits per heavy atom. The number of carbonyl (C=O) groups excluding carboxylic acids is 1. The fraction of sp³-hybridized carbons (Fsp3) is 0.450. The van der Waals surface area contributed by atoms with Crippen molar-refractivity contribution in [2.45, 2.75) is 32.4 Å². The molecule has 0 bridgehead atoms. The van der Waals surface area contributed by atoms with Crippen molar-refractivity contribution in [1.29, 1.82) is 0 Å². The van der Waals surface area contributed by atoms with Crippen molar-refractivity contribution in [3.05, 3.63) is 46.7 Å². The van der Waals surface area contributed by atoms with Gasteiger partial charge in [-0.2, -0.15) is 4.98 Å². The first-order valence-electron chi connectivity index (χ1n) is 9.54. The van der Waals surface area contributed by atoms with E-state index in [0.29, 0.717) is 24.9 Å². The van der Waals surface area contributed by atoms with Crippen LogP contribution in [0.2, 0.25) is 5.15 Å². The van der Waals surface area contributed by atoms with Gasteiger partial charge >= 0.3 is 0 Å². The van der Waals surface area contributed by atoms with E-state index < -0.39 is 0 Å². The Bertz CT molecular complexity index is 803. The number of nitrogens with one attached hydrogen (secondary N) is 2. The molecule has 3 rings (SSSR count). The minimum Gasteiger partial charge on any atom is -0.479 e. The number of likely N-dealkylation sites (tertiary alicyclic amines) is 1. The number of carbonyl (C=O) groups is 1. The molecule has 1 aromatic carbocycles. The first-order valence-corrected chi connectivity index (χ1v) is 9.91. The minimum absolute atomic E-state index is 0.0961. The quantitative estimate of drug-likeness (QED) is 0.705. The van der Waals surface area contributed by atoms with Crippen LogP contribution < -0.4 is 15.4 Å². The summed E-state index contributed by atoms with van der Waals surface area (Å²) >= 11 is 6.26. The molecule has 0 aliphatic carbocycles. The summed E-state index contributed by atoms with van der Waals surface area (Å²) in [6, 6.07) is 10.2. The molecular formula is C20H26ClN5O2. The Kier molecular flexibility index (Phi) is 7.06. The summed E-state index contributed by atoms with van der Waals surface area (Å²) in [5.41, 5.74) is 1.18. The van der Waals surface area contributed by atoms with Crippen LogP contribution >= 0.6 is 11.6 Å². The number of benzene rings is 1. The average Bonchev–Trinajstić information content (AvgIpc) is 3.19. The largest absolute Gasteiger partial charge is 0.479 e. The topological polar surface area (TPSA) is 79.4 Å². The van der Waals surface area contributed by atoms with Gasteiger partial charge in [0.05, 0.1) is 7.11 Å². The summed E-state index contributed by atoms with van der Waals surface area (Å²) in [6.07, 6.45) is 2.24. The molecule has 1 amide bonds. The highest BCUT2D eigenvalue weighted by Gasteiger charge is 2.25. The van der Waals surface area contributed by atoms with Gasteiger partial charge in [0.15, 0.2) is 16.7 Å². The number of halogens is 1. The molecule has 1 fully saturated rings. The van der Waals surface area contributed by atoms with Gasteiger partial charge < -0.3 is 15.4 Å². The molecule has 0 radical (unpaired) electrons. The van der Waals surface area contributed by atoms with Crippen molar-refractivity contribution in [2.24, 2.45) is 0 Å². The molecule has 7 nitrogen and oxygen atoms in total. The van der Waals surface area contributed by atoms with Gasteiger partial charge in [-0.15, -0.1) is 0 Å². The van der Waals surface area contributed by atoms with Crippen LogP contribution in [0, 0.1) is 0 Å². The van der Waals surface area contributed by atoms with Crippen molar-refractivity contribution in [2.75, 3.05) is 32.1 Å². The van der Waals surface area contributed by atoms with E-state index in [1.807, 2.05) is 30.3 Å².